The zero-order valence-corrected chi connectivity index (χ0v) is 10.1. The molecule has 0 saturated heterocycles. The van der Waals surface area contributed by atoms with Crippen LogP contribution in [0.1, 0.15) is 25.3 Å². The Kier molecular flexibility index (Phi) is 5.31. The summed E-state index contributed by atoms with van der Waals surface area (Å²) in [5, 5.41) is 0. The quantitative estimate of drug-likeness (QED) is 0.665. The molecule has 0 fully saturated rings. The molecule has 0 radical (unpaired) electrons. The summed E-state index contributed by atoms with van der Waals surface area (Å²) in [6, 6.07) is 5.94. The lowest BCUT2D eigenvalue weighted by molar-refractivity contribution is 0.561. The van der Waals surface area contributed by atoms with Gasteiger partial charge in [0.05, 0.1) is 0 Å². The van der Waals surface area contributed by atoms with Crippen molar-refractivity contribution in [3.05, 3.63) is 29.7 Å². The van der Waals surface area contributed by atoms with Crippen LogP contribution in [0, 0.1) is 13.8 Å². The Morgan fingerprint density at radius 2 is 1.79 bits per heavy atom. The molecule has 0 unspecified atom stereocenters. The number of hydrogen-bond acceptors (Lipinski definition) is 2. The lowest BCUT2D eigenvalue weighted by atomic mass is 10.2. The van der Waals surface area contributed by atoms with E-state index in [-0.39, 0.29) is 13.5 Å². The smallest absolute Gasteiger partial charge is 0.192 e. The fourth-order valence-electron chi connectivity index (χ4n) is 1.20. The van der Waals surface area contributed by atoms with E-state index >= 15 is 0 Å². The molecule has 0 aliphatic carbocycles. The molecule has 0 aliphatic heterocycles. The van der Waals surface area contributed by atoms with Gasteiger partial charge in [0, 0.05) is 6.92 Å². The van der Waals surface area contributed by atoms with Gasteiger partial charge in [-0.05, 0) is 18.6 Å². The number of para-hydroxylation sites is 1. The van der Waals surface area contributed by atoms with Crippen molar-refractivity contribution in [2.45, 2.75) is 27.7 Å². The van der Waals surface area contributed by atoms with Crippen molar-refractivity contribution in [3.63, 3.8) is 0 Å². The Morgan fingerprint density at radius 1 is 1.14 bits per heavy atom. The van der Waals surface area contributed by atoms with Crippen molar-refractivity contribution >= 4 is 24.6 Å². The SMILES string of the molecule is CC.Cc1nc2c(C)cccc2o1.S. The van der Waals surface area contributed by atoms with Crippen LogP contribution in [0.15, 0.2) is 22.6 Å². The Hall–Kier alpha value is -0.960. The molecule has 0 bridgehead atoms. The molecule has 1 aromatic carbocycles. The van der Waals surface area contributed by atoms with Gasteiger partial charge in [-0.1, -0.05) is 26.0 Å². The first-order valence-electron chi connectivity index (χ1n) is 4.60. The van der Waals surface area contributed by atoms with Crippen LogP contribution in [0.4, 0.5) is 0 Å². The molecule has 2 aromatic rings. The molecule has 0 spiro atoms. The van der Waals surface area contributed by atoms with Crippen LogP contribution >= 0.6 is 13.5 Å². The Balaban J connectivity index is 0.000000531. The molecule has 2 nitrogen and oxygen atoms in total. The van der Waals surface area contributed by atoms with Crippen molar-refractivity contribution in [1.82, 2.24) is 4.98 Å². The summed E-state index contributed by atoms with van der Waals surface area (Å²) in [4.78, 5) is 4.25. The van der Waals surface area contributed by atoms with E-state index in [0.717, 1.165) is 17.0 Å². The highest BCUT2D eigenvalue weighted by molar-refractivity contribution is 7.59. The van der Waals surface area contributed by atoms with E-state index in [1.165, 1.54) is 5.56 Å². The van der Waals surface area contributed by atoms with Gasteiger partial charge in [0.2, 0.25) is 0 Å². The standard InChI is InChI=1S/C9H9NO.C2H6.H2S/c1-6-4-3-5-8-9(6)10-7(2)11-8;1-2;/h3-5H,1-2H3;1-2H3;1H2. The second kappa shape index (κ2) is 5.70. The molecule has 14 heavy (non-hydrogen) atoms. The predicted molar refractivity (Wildman–Crippen MR) is 65.2 cm³/mol. The Bertz CT molecular complexity index is 395. The normalized spacial score (nSPS) is 8.86. The Labute approximate surface area is 91.8 Å². The minimum Gasteiger partial charge on any atom is -0.441 e. The average molecular weight is 211 g/mol. The van der Waals surface area contributed by atoms with Crippen molar-refractivity contribution < 1.29 is 4.42 Å². The fourth-order valence-corrected chi connectivity index (χ4v) is 1.20. The van der Waals surface area contributed by atoms with Gasteiger partial charge in [0.25, 0.3) is 0 Å². The highest BCUT2D eigenvalue weighted by Gasteiger charge is 2.02. The average Bonchev–Trinajstić information content (AvgIpc) is 2.51. The van der Waals surface area contributed by atoms with Crippen LogP contribution in [0.3, 0.4) is 0 Å². The van der Waals surface area contributed by atoms with E-state index < -0.39 is 0 Å². The highest BCUT2D eigenvalue weighted by Crippen LogP contribution is 2.17. The number of nitrogens with zero attached hydrogens (tertiary/aromatic N) is 1. The molecule has 0 aliphatic rings. The van der Waals surface area contributed by atoms with Crippen molar-refractivity contribution in [1.29, 1.82) is 0 Å². The molecule has 0 atom stereocenters. The lowest BCUT2D eigenvalue weighted by Gasteiger charge is -1.88. The number of oxazole rings is 1. The fraction of sp³-hybridized carbons (Fsp3) is 0.364. The maximum absolute atomic E-state index is 5.34. The first kappa shape index (κ1) is 13.0. The number of hydrogen-bond donors (Lipinski definition) is 0. The highest BCUT2D eigenvalue weighted by atomic mass is 32.1. The molecule has 2 rings (SSSR count). The van der Waals surface area contributed by atoms with Crippen LogP contribution in [0.25, 0.3) is 11.1 Å². The van der Waals surface area contributed by atoms with Crippen LogP contribution in [0.5, 0.6) is 0 Å². The molecule has 1 heterocycles. The molecular weight excluding hydrogens is 194 g/mol. The molecule has 0 N–H and O–H groups in total. The third-order valence-electron chi connectivity index (χ3n) is 1.73. The summed E-state index contributed by atoms with van der Waals surface area (Å²) in [5.41, 5.74) is 3.02. The molecular formula is C11H17NOS. The minimum atomic E-state index is 0. The van der Waals surface area contributed by atoms with E-state index in [1.54, 1.807) is 0 Å². The second-order valence-electron chi connectivity index (χ2n) is 2.65. The van der Waals surface area contributed by atoms with E-state index in [9.17, 15) is 0 Å². The number of rotatable bonds is 0. The van der Waals surface area contributed by atoms with Gasteiger partial charge >= 0.3 is 0 Å². The van der Waals surface area contributed by atoms with Gasteiger partial charge in [-0.2, -0.15) is 13.5 Å². The van der Waals surface area contributed by atoms with E-state index in [2.05, 4.69) is 4.98 Å². The molecule has 3 heteroatoms. The van der Waals surface area contributed by atoms with Crippen molar-refractivity contribution in [2.75, 3.05) is 0 Å². The van der Waals surface area contributed by atoms with Crippen molar-refractivity contribution in [2.24, 2.45) is 0 Å². The van der Waals surface area contributed by atoms with Gasteiger partial charge in [0.15, 0.2) is 11.5 Å². The summed E-state index contributed by atoms with van der Waals surface area (Å²) < 4.78 is 5.34. The number of benzene rings is 1. The van der Waals surface area contributed by atoms with Gasteiger partial charge in [-0.25, -0.2) is 4.98 Å². The molecule has 0 saturated carbocycles. The number of aromatic nitrogens is 1. The van der Waals surface area contributed by atoms with Gasteiger partial charge in [0.1, 0.15) is 5.52 Å². The zero-order valence-electron chi connectivity index (χ0n) is 9.09. The number of fused-ring (bicyclic) bond motifs is 1. The first-order valence-corrected chi connectivity index (χ1v) is 4.60. The van der Waals surface area contributed by atoms with Gasteiger partial charge in [-0.3, -0.25) is 0 Å². The van der Waals surface area contributed by atoms with Gasteiger partial charge < -0.3 is 4.42 Å². The third-order valence-corrected chi connectivity index (χ3v) is 1.73. The van der Waals surface area contributed by atoms with Crippen LogP contribution in [0.2, 0.25) is 0 Å². The minimum absolute atomic E-state index is 0. The maximum Gasteiger partial charge on any atom is 0.192 e. The van der Waals surface area contributed by atoms with E-state index in [1.807, 2.05) is 45.9 Å². The van der Waals surface area contributed by atoms with Crippen LogP contribution in [-0.4, -0.2) is 4.98 Å². The van der Waals surface area contributed by atoms with Crippen LogP contribution in [-0.2, 0) is 0 Å². The van der Waals surface area contributed by atoms with Gasteiger partial charge in [-0.15, -0.1) is 0 Å². The third kappa shape index (κ3) is 2.51. The number of aryl methyl sites for hydroxylation is 2. The second-order valence-corrected chi connectivity index (χ2v) is 2.65. The predicted octanol–water partition coefficient (Wildman–Crippen LogP) is 3.58. The summed E-state index contributed by atoms with van der Waals surface area (Å²) in [5.74, 6) is 0.731. The lowest BCUT2D eigenvalue weighted by Crippen LogP contribution is -1.74. The van der Waals surface area contributed by atoms with E-state index in [4.69, 9.17) is 4.42 Å². The van der Waals surface area contributed by atoms with E-state index in [0.29, 0.717) is 0 Å². The zero-order chi connectivity index (χ0) is 9.84. The maximum atomic E-state index is 5.34. The largest absolute Gasteiger partial charge is 0.441 e. The van der Waals surface area contributed by atoms with Crippen molar-refractivity contribution in [3.8, 4) is 0 Å². The molecule has 1 aromatic heterocycles. The summed E-state index contributed by atoms with van der Waals surface area (Å²) in [6.07, 6.45) is 0. The topological polar surface area (TPSA) is 26.0 Å². The monoisotopic (exact) mass is 211 g/mol. The summed E-state index contributed by atoms with van der Waals surface area (Å²) in [6.45, 7) is 7.89. The summed E-state index contributed by atoms with van der Waals surface area (Å²) in [7, 11) is 0. The summed E-state index contributed by atoms with van der Waals surface area (Å²) >= 11 is 0. The Morgan fingerprint density at radius 3 is 2.36 bits per heavy atom. The van der Waals surface area contributed by atoms with Crippen LogP contribution < -0.4 is 0 Å². The molecule has 78 valence electrons. The first-order chi connectivity index (χ1) is 6.27. The molecule has 0 amide bonds.